The van der Waals surface area contributed by atoms with Crippen LogP contribution in [-0.4, -0.2) is 49.4 Å². The Morgan fingerprint density at radius 1 is 1.47 bits per heavy atom. The van der Waals surface area contributed by atoms with E-state index < -0.39 is 0 Å². The average molecular weight is 237 g/mol. The molecule has 1 aromatic heterocycles. The van der Waals surface area contributed by atoms with Crippen molar-refractivity contribution in [1.82, 2.24) is 9.97 Å². The number of aromatic nitrogens is 2. The molecule has 2 rings (SSSR count). The van der Waals surface area contributed by atoms with Gasteiger partial charge in [0.25, 0.3) is 0 Å². The predicted octanol–water partition coefficient (Wildman–Crippen LogP) is 0.0707. The third-order valence-corrected chi connectivity index (χ3v) is 2.85. The number of hydrogen-bond donors (Lipinski definition) is 2. The number of nitrogens with zero attached hydrogens (tertiary/aromatic N) is 3. The fourth-order valence-corrected chi connectivity index (χ4v) is 1.76. The summed E-state index contributed by atoms with van der Waals surface area (Å²) < 4.78 is 5.41. The molecule has 17 heavy (non-hydrogen) atoms. The van der Waals surface area contributed by atoms with Crippen LogP contribution in [0.15, 0.2) is 12.4 Å². The second kappa shape index (κ2) is 5.29. The molecule has 2 heterocycles. The maximum absolute atomic E-state index is 6.03. The molecule has 1 aliphatic rings. The van der Waals surface area contributed by atoms with E-state index in [0.717, 1.165) is 24.7 Å². The average Bonchev–Trinajstić information content (AvgIpc) is 2.32. The molecule has 1 saturated heterocycles. The van der Waals surface area contributed by atoms with Crippen LogP contribution in [0.2, 0.25) is 0 Å². The van der Waals surface area contributed by atoms with E-state index >= 15 is 0 Å². The lowest BCUT2D eigenvalue weighted by Crippen LogP contribution is -2.47. The molecular weight excluding hydrogens is 218 g/mol. The summed E-state index contributed by atoms with van der Waals surface area (Å²) in [4.78, 5) is 10.3. The van der Waals surface area contributed by atoms with E-state index in [9.17, 15) is 0 Å². The molecule has 0 saturated carbocycles. The quantitative estimate of drug-likeness (QED) is 0.775. The largest absolute Gasteiger partial charge is 0.379 e. The van der Waals surface area contributed by atoms with Gasteiger partial charge in [-0.3, -0.25) is 0 Å². The van der Waals surface area contributed by atoms with Gasteiger partial charge in [0.1, 0.15) is 18.0 Å². The number of nitrogens with two attached hydrogens (primary N) is 1. The number of anilines is 2. The van der Waals surface area contributed by atoms with Gasteiger partial charge in [-0.15, -0.1) is 0 Å². The molecule has 2 atom stereocenters. The van der Waals surface area contributed by atoms with Crippen molar-refractivity contribution in [2.75, 3.05) is 37.5 Å². The fourth-order valence-electron chi connectivity index (χ4n) is 1.76. The molecule has 0 amide bonds. The lowest BCUT2D eigenvalue weighted by molar-refractivity contribution is 0.0767. The minimum atomic E-state index is 0.113. The standard InChI is InChI=1S/C11H19N5O/c1-16(2)11-5-10(13-7-14-11)15-9-6-17-4-3-8(9)12/h5,7-9H,3-4,6,12H2,1-2H3,(H,13,14,15)/t8-,9+/m0/s1. The van der Waals surface area contributed by atoms with Crippen LogP contribution in [0, 0.1) is 0 Å². The van der Waals surface area contributed by atoms with Crippen molar-refractivity contribution in [3.05, 3.63) is 12.4 Å². The highest BCUT2D eigenvalue weighted by Gasteiger charge is 2.22. The summed E-state index contributed by atoms with van der Waals surface area (Å²) in [6.45, 7) is 1.37. The first-order valence-electron chi connectivity index (χ1n) is 5.76. The summed E-state index contributed by atoms with van der Waals surface area (Å²) in [6.07, 6.45) is 2.43. The molecule has 0 spiro atoms. The highest BCUT2D eigenvalue weighted by atomic mass is 16.5. The van der Waals surface area contributed by atoms with Crippen LogP contribution < -0.4 is 16.0 Å². The smallest absolute Gasteiger partial charge is 0.133 e. The zero-order valence-electron chi connectivity index (χ0n) is 10.3. The van der Waals surface area contributed by atoms with Gasteiger partial charge in [-0.25, -0.2) is 9.97 Å². The van der Waals surface area contributed by atoms with Crippen molar-refractivity contribution >= 4 is 11.6 Å². The molecule has 0 radical (unpaired) electrons. The molecular formula is C11H19N5O. The van der Waals surface area contributed by atoms with E-state index in [-0.39, 0.29) is 12.1 Å². The number of rotatable bonds is 3. The molecule has 0 aromatic carbocycles. The lowest BCUT2D eigenvalue weighted by atomic mass is 10.1. The Morgan fingerprint density at radius 3 is 3.00 bits per heavy atom. The van der Waals surface area contributed by atoms with Crippen molar-refractivity contribution < 1.29 is 4.74 Å². The Morgan fingerprint density at radius 2 is 2.29 bits per heavy atom. The first kappa shape index (κ1) is 12.1. The van der Waals surface area contributed by atoms with Crippen LogP contribution in [-0.2, 0) is 4.74 Å². The maximum atomic E-state index is 6.03. The molecule has 6 heteroatoms. The minimum absolute atomic E-state index is 0.113. The highest BCUT2D eigenvalue weighted by molar-refractivity contribution is 5.48. The molecule has 0 aliphatic carbocycles. The first-order chi connectivity index (χ1) is 8.16. The Hall–Kier alpha value is -1.40. The highest BCUT2D eigenvalue weighted by Crippen LogP contribution is 2.15. The summed E-state index contributed by atoms with van der Waals surface area (Å²) in [6, 6.07) is 2.14. The third kappa shape index (κ3) is 3.04. The zero-order chi connectivity index (χ0) is 12.3. The Labute approximate surface area is 101 Å². The van der Waals surface area contributed by atoms with Gasteiger partial charge in [-0.1, -0.05) is 0 Å². The van der Waals surface area contributed by atoms with E-state index in [4.69, 9.17) is 10.5 Å². The van der Waals surface area contributed by atoms with Gasteiger partial charge >= 0.3 is 0 Å². The van der Waals surface area contributed by atoms with Gasteiger partial charge in [0, 0.05) is 32.8 Å². The number of nitrogens with one attached hydrogen (secondary N) is 1. The lowest BCUT2D eigenvalue weighted by Gasteiger charge is -2.29. The predicted molar refractivity (Wildman–Crippen MR) is 67.2 cm³/mol. The SMILES string of the molecule is CN(C)c1cc(N[C@@H]2COCC[C@@H]2N)ncn1. The molecule has 3 N–H and O–H groups in total. The fraction of sp³-hybridized carbons (Fsp3) is 0.636. The minimum Gasteiger partial charge on any atom is -0.379 e. The Kier molecular flexibility index (Phi) is 3.75. The van der Waals surface area contributed by atoms with Crippen molar-refractivity contribution in [2.45, 2.75) is 18.5 Å². The second-order valence-corrected chi connectivity index (χ2v) is 4.43. The molecule has 6 nitrogen and oxygen atoms in total. The third-order valence-electron chi connectivity index (χ3n) is 2.85. The summed E-state index contributed by atoms with van der Waals surface area (Å²) in [5.74, 6) is 1.66. The number of hydrogen-bond acceptors (Lipinski definition) is 6. The second-order valence-electron chi connectivity index (χ2n) is 4.43. The van der Waals surface area contributed by atoms with Crippen LogP contribution in [0.1, 0.15) is 6.42 Å². The summed E-state index contributed by atoms with van der Waals surface area (Å²) in [5.41, 5.74) is 6.03. The topological polar surface area (TPSA) is 76.3 Å². The summed E-state index contributed by atoms with van der Waals surface area (Å²) >= 11 is 0. The monoisotopic (exact) mass is 237 g/mol. The van der Waals surface area contributed by atoms with Crippen LogP contribution >= 0.6 is 0 Å². The van der Waals surface area contributed by atoms with Crippen molar-refractivity contribution in [3.63, 3.8) is 0 Å². The van der Waals surface area contributed by atoms with Gasteiger partial charge in [0.15, 0.2) is 0 Å². The Bertz CT molecular complexity index is 371. The Balaban J connectivity index is 2.04. The van der Waals surface area contributed by atoms with Crippen LogP contribution in [0.25, 0.3) is 0 Å². The van der Waals surface area contributed by atoms with Gasteiger partial charge in [0.2, 0.25) is 0 Å². The van der Waals surface area contributed by atoms with Crippen LogP contribution in [0.4, 0.5) is 11.6 Å². The molecule has 0 bridgehead atoms. The molecule has 1 fully saturated rings. The van der Waals surface area contributed by atoms with E-state index in [2.05, 4.69) is 15.3 Å². The van der Waals surface area contributed by atoms with Gasteiger partial charge in [-0.05, 0) is 6.42 Å². The van der Waals surface area contributed by atoms with E-state index in [1.807, 2.05) is 25.1 Å². The van der Waals surface area contributed by atoms with Crippen LogP contribution in [0.3, 0.4) is 0 Å². The number of ether oxygens (including phenoxy) is 1. The molecule has 1 aliphatic heterocycles. The normalized spacial score (nSPS) is 24.4. The molecule has 94 valence electrons. The molecule has 0 unspecified atom stereocenters. The van der Waals surface area contributed by atoms with Crippen LogP contribution in [0.5, 0.6) is 0 Å². The van der Waals surface area contributed by atoms with Crippen molar-refractivity contribution in [2.24, 2.45) is 5.73 Å². The summed E-state index contributed by atoms with van der Waals surface area (Å²) in [7, 11) is 3.89. The van der Waals surface area contributed by atoms with Gasteiger partial charge in [-0.2, -0.15) is 0 Å². The first-order valence-corrected chi connectivity index (χ1v) is 5.76. The van der Waals surface area contributed by atoms with Crippen molar-refractivity contribution in [1.29, 1.82) is 0 Å². The zero-order valence-corrected chi connectivity index (χ0v) is 10.3. The van der Waals surface area contributed by atoms with E-state index in [1.165, 1.54) is 0 Å². The van der Waals surface area contributed by atoms with Crippen molar-refractivity contribution in [3.8, 4) is 0 Å². The van der Waals surface area contributed by atoms with Gasteiger partial charge in [0.05, 0.1) is 12.6 Å². The maximum Gasteiger partial charge on any atom is 0.133 e. The van der Waals surface area contributed by atoms with Gasteiger partial charge < -0.3 is 20.7 Å². The summed E-state index contributed by atoms with van der Waals surface area (Å²) in [5, 5.41) is 3.30. The van der Waals surface area contributed by atoms with E-state index in [1.54, 1.807) is 6.33 Å². The van der Waals surface area contributed by atoms with E-state index in [0.29, 0.717) is 6.61 Å². The molecule has 1 aromatic rings.